The number of aromatic nitrogens is 2. The van der Waals surface area contributed by atoms with Gasteiger partial charge in [0, 0.05) is 5.56 Å². The van der Waals surface area contributed by atoms with E-state index in [4.69, 9.17) is 9.84 Å². The fourth-order valence-corrected chi connectivity index (χ4v) is 3.42. The van der Waals surface area contributed by atoms with E-state index >= 15 is 0 Å². The van der Waals surface area contributed by atoms with Crippen molar-refractivity contribution >= 4 is 11.7 Å². The van der Waals surface area contributed by atoms with E-state index in [9.17, 15) is 4.79 Å². The quantitative estimate of drug-likeness (QED) is 0.768. The van der Waals surface area contributed by atoms with Crippen molar-refractivity contribution in [2.45, 2.75) is 25.7 Å². The lowest BCUT2D eigenvalue weighted by atomic mass is 10.1. The van der Waals surface area contributed by atoms with E-state index in [1.807, 2.05) is 59.3 Å². The molecular weight excluding hydrogens is 326 g/mol. The van der Waals surface area contributed by atoms with Crippen LogP contribution >= 0.6 is 0 Å². The highest BCUT2D eigenvalue weighted by atomic mass is 16.5. The molecule has 5 nitrogen and oxygen atoms in total. The number of para-hydroxylation sites is 1. The lowest BCUT2D eigenvalue weighted by Crippen LogP contribution is -2.18. The van der Waals surface area contributed by atoms with Gasteiger partial charge in [-0.3, -0.25) is 4.79 Å². The summed E-state index contributed by atoms with van der Waals surface area (Å²) in [5, 5.41) is 7.83. The zero-order valence-electron chi connectivity index (χ0n) is 14.7. The van der Waals surface area contributed by atoms with Crippen molar-refractivity contribution in [1.82, 2.24) is 9.78 Å². The number of hydrogen-bond donors (Lipinski definition) is 1. The number of methoxy groups -OCH3 is 1. The van der Waals surface area contributed by atoms with Gasteiger partial charge in [-0.2, -0.15) is 5.10 Å². The van der Waals surface area contributed by atoms with Crippen molar-refractivity contribution < 1.29 is 9.53 Å². The van der Waals surface area contributed by atoms with Crippen LogP contribution in [0.25, 0.3) is 5.69 Å². The third-order valence-electron chi connectivity index (χ3n) is 4.66. The number of amides is 1. The Morgan fingerprint density at radius 1 is 1.15 bits per heavy atom. The van der Waals surface area contributed by atoms with E-state index in [1.54, 1.807) is 7.11 Å². The molecule has 3 aromatic rings. The van der Waals surface area contributed by atoms with E-state index in [0.717, 1.165) is 53.3 Å². The Morgan fingerprint density at radius 3 is 2.81 bits per heavy atom. The topological polar surface area (TPSA) is 56.1 Å². The van der Waals surface area contributed by atoms with E-state index in [0.29, 0.717) is 6.42 Å². The molecule has 0 saturated heterocycles. The van der Waals surface area contributed by atoms with E-state index < -0.39 is 0 Å². The molecule has 1 heterocycles. The molecule has 1 aromatic heterocycles. The average molecular weight is 347 g/mol. The van der Waals surface area contributed by atoms with Gasteiger partial charge in [0.05, 0.1) is 24.9 Å². The molecule has 1 N–H and O–H groups in total. The molecule has 26 heavy (non-hydrogen) atoms. The normalized spacial score (nSPS) is 12.7. The van der Waals surface area contributed by atoms with Gasteiger partial charge in [-0.1, -0.05) is 30.3 Å². The van der Waals surface area contributed by atoms with Gasteiger partial charge in [0.2, 0.25) is 5.91 Å². The number of nitrogens with zero attached hydrogens (tertiary/aromatic N) is 2. The summed E-state index contributed by atoms with van der Waals surface area (Å²) in [4.78, 5) is 12.7. The molecule has 1 aliphatic carbocycles. The first-order valence-electron chi connectivity index (χ1n) is 8.83. The minimum atomic E-state index is -0.0509. The largest absolute Gasteiger partial charge is 0.497 e. The first-order valence-corrected chi connectivity index (χ1v) is 8.83. The maximum atomic E-state index is 12.7. The molecule has 0 bridgehead atoms. The molecule has 2 aromatic carbocycles. The molecule has 1 aliphatic rings. The monoisotopic (exact) mass is 347 g/mol. The van der Waals surface area contributed by atoms with Gasteiger partial charge in [-0.15, -0.1) is 0 Å². The van der Waals surface area contributed by atoms with E-state index in [2.05, 4.69) is 5.32 Å². The second kappa shape index (κ2) is 7.04. The number of anilines is 1. The lowest BCUT2D eigenvalue weighted by molar-refractivity contribution is -0.115. The van der Waals surface area contributed by atoms with Crippen molar-refractivity contribution in [2.24, 2.45) is 0 Å². The first-order chi connectivity index (χ1) is 12.7. The predicted molar refractivity (Wildman–Crippen MR) is 101 cm³/mol. The lowest BCUT2D eigenvalue weighted by Gasteiger charge is -2.11. The molecule has 0 spiro atoms. The minimum Gasteiger partial charge on any atom is -0.497 e. The standard InChI is InChI=1S/C21H21N3O2/c1-26-17-10-5-7-15(13-17)14-20(25)22-21-18-11-6-12-19(18)23-24(21)16-8-3-2-4-9-16/h2-5,7-10,13H,6,11-12,14H2,1H3,(H,22,25). The van der Waals surface area contributed by atoms with Crippen LogP contribution in [-0.4, -0.2) is 22.8 Å². The average Bonchev–Trinajstić information content (AvgIpc) is 3.25. The molecule has 5 heteroatoms. The summed E-state index contributed by atoms with van der Waals surface area (Å²) in [5.74, 6) is 1.51. The second-order valence-electron chi connectivity index (χ2n) is 6.45. The highest BCUT2D eigenvalue weighted by molar-refractivity contribution is 5.92. The van der Waals surface area contributed by atoms with Crippen molar-refractivity contribution in [1.29, 1.82) is 0 Å². The summed E-state index contributed by atoms with van der Waals surface area (Å²) >= 11 is 0. The number of fused-ring (bicyclic) bond motifs is 1. The highest BCUT2D eigenvalue weighted by Crippen LogP contribution is 2.31. The van der Waals surface area contributed by atoms with Crippen LogP contribution < -0.4 is 10.1 Å². The zero-order chi connectivity index (χ0) is 17.9. The van der Waals surface area contributed by atoms with E-state index in [-0.39, 0.29) is 5.91 Å². The second-order valence-corrected chi connectivity index (χ2v) is 6.45. The van der Waals surface area contributed by atoms with Gasteiger partial charge < -0.3 is 10.1 Å². The highest BCUT2D eigenvalue weighted by Gasteiger charge is 2.24. The first kappa shape index (κ1) is 16.4. The van der Waals surface area contributed by atoms with Gasteiger partial charge in [0.25, 0.3) is 0 Å². The molecule has 1 amide bonds. The Kier molecular flexibility index (Phi) is 4.44. The number of aryl methyl sites for hydroxylation is 1. The Hall–Kier alpha value is -3.08. The number of nitrogens with one attached hydrogen (secondary N) is 1. The number of rotatable bonds is 5. The number of ether oxygens (including phenoxy) is 1. The summed E-state index contributed by atoms with van der Waals surface area (Å²) in [6.07, 6.45) is 3.31. The summed E-state index contributed by atoms with van der Waals surface area (Å²) in [6, 6.07) is 17.5. The van der Waals surface area contributed by atoms with Gasteiger partial charge in [0.15, 0.2) is 0 Å². The SMILES string of the molecule is COc1cccc(CC(=O)Nc2c3c(nn2-c2ccccc2)CCC3)c1. The van der Waals surface area contributed by atoms with Gasteiger partial charge >= 0.3 is 0 Å². The zero-order valence-corrected chi connectivity index (χ0v) is 14.7. The molecular formula is C21H21N3O2. The Labute approximate surface area is 152 Å². The smallest absolute Gasteiger partial charge is 0.229 e. The summed E-state index contributed by atoms with van der Waals surface area (Å²) in [7, 11) is 1.63. The number of hydrogen-bond acceptors (Lipinski definition) is 3. The molecule has 0 atom stereocenters. The maximum absolute atomic E-state index is 12.7. The predicted octanol–water partition coefficient (Wildman–Crippen LogP) is 3.55. The Balaban J connectivity index is 1.60. The third-order valence-corrected chi connectivity index (χ3v) is 4.66. The van der Waals surface area contributed by atoms with Crippen LogP contribution in [0.2, 0.25) is 0 Å². The van der Waals surface area contributed by atoms with Gasteiger partial charge in [0.1, 0.15) is 11.6 Å². The number of carbonyl (C=O) groups excluding carboxylic acids is 1. The molecule has 0 fully saturated rings. The summed E-state index contributed by atoms with van der Waals surface area (Å²) in [5.41, 5.74) is 4.13. The van der Waals surface area contributed by atoms with Crippen LogP contribution in [-0.2, 0) is 24.1 Å². The maximum Gasteiger partial charge on any atom is 0.229 e. The Morgan fingerprint density at radius 2 is 2.00 bits per heavy atom. The van der Waals surface area contributed by atoms with Crippen LogP contribution in [0.5, 0.6) is 5.75 Å². The van der Waals surface area contributed by atoms with Gasteiger partial charge in [-0.25, -0.2) is 4.68 Å². The molecule has 4 rings (SSSR count). The Bertz CT molecular complexity index is 932. The summed E-state index contributed by atoms with van der Waals surface area (Å²) in [6.45, 7) is 0. The molecule has 0 radical (unpaired) electrons. The molecule has 0 unspecified atom stereocenters. The van der Waals surface area contributed by atoms with Crippen molar-refractivity contribution in [2.75, 3.05) is 12.4 Å². The van der Waals surface area contributed by atoms with Crippen molar-refractivity contribution in [3.63, 3.8) is 0 Å². The van der Waals surface area contributed by atoms with Crippen molar-refractivity contribution in [3.8, 4) is 11.4 Å². The molecule has 132 valence electrons. The number of benzene rings is 2. The van der Waals surface area contributed by atoms with Gasteiger partial charge in [-0.05, 0) is 49.1 Å². The van der Waals surface area contributed by atoms with Crippen LogP contribution in [0.4, 0.5) is 5.82 Å². The molecule has 0 aliphatic heterocycles. The number of carbonyl (C=O) groups is 1. The third kappa shape index (κ3) is 3.20. The van der Waals surface area contributed by atoms with Crippen LogP contribution in [0.3, 0.4) is 0 Å². The van der Waals surface area contributed by atoms with Crippen LogP contribution in [0.1, 0.15) is 23.2 Å². The fraction of sp³-hybridized carbons (Fsp3) is 0.238. The summed E-state index contributed by atoms with van der Waals surface area (Å²) < 4.78 is 7.09. The van der Waals surface area contributed by atoms with E-state index in [1.165, 1.54) is 0 Å². The van der Waals surface area contributed by atoms with Crippen molar-refractivity contribution in [3.05, 3.63) is 71.4 Å². The fourth-order valence-electron chi connectivity index (χ4n) is 3.42. The molecule has 0 saturated carbocycles. The van der Waals surface area contributed by atoms with Crippen LogP contribution in [0.15, 0.2) is 54.6 Å². The van der Waals surface area contributed by atoms with Crippen LogP contribution in [0, 0.1) is 0 Å². The minimum absolute atomic E-state index is 0.0509.